The lowest BCUT2D eigenvalue weighted by molar-refractivity contribution is 0.170. The van der Waals surface area contributed by atoms with Gasteiger partial charge in [0.2, 0.25) is 5.95 Å². The molecule has 0 radical (unpaired) electrons. The van der Waals surface area contributed by atoms with E-state index in [1.165, 1.54) is 0 Å². The summed E-state index contributed by atoms with van der Waals surface area (Å²) in [4.78, 5) is 23.2. The van der Waals surface area contributed by atoms with Crippen LogP contribution in [-0.4, -0.2) is 56.2 Å². The molecule has 35 heavy (non-hydrogen) atoms. The molecule has 2 amide bonds. The second-order valence-corrected chi connectivity index (χ2v) is 9.67. The zero-order chi connectivity index (χ0) is 23.8. The first-order chi connectivity index (χ1) is 17.2. The molecule has 9 heteroatoms. The van der Waals surface area contributed by atoms with Crippen molar-refractivity contribution in [3.63, 3.8) is 0 Å². The van der Waals surface area contributed by atoms with Crippen LogP contribution >= 0.6 is 11.3 Å². The van der Waals surface area contributed by atoms with Gasteiger partial charge in [-0.1, -0.05) is 48.5 Å². The summed E-state index contributed by atoms with van der Waals surface area (Å²) in [5, 5.41) is 15.2. The van der Waals surface area contributed by atoms with Crippen molar-refractivity contribution >= 4 is 39.9 Å². The molecule has 1 aliphatic rings. The topological polar surface area (TPSA) is 78.7 Å². The van der Waals surface area contributed by atoms with Gasteiger partial charge in [-0.15, -0.1) is 21.5 Å². The largest absolute Gasteiger partial charge is 0.338 e. The standard InChI is InChI=1S/C26H25N7OS/c1-18-17-31(13-14-32(18)26(34)27-16-19-8-3-2-4-9-19)25-28-21-11-6-5-10-20(21)23-29-30-24(33(23)25)22-12-7-15-35-22/h2-12,15,18H,13-14,16-17H2,1H3,(H,27,34)/t18-/m0/s1. The number of para-hydroxylation sites is 1. The van der Waals surface area contributed by atoms with Crippen LogP contribution in [0.1, 0.15) is 12.5 Å². The average Bonchev–Trinajstić information content (AvgIpc) is 3.58. The first-order valence-electron chi connectivity index (χ1n) is 11.7. The monoisotopic (exact) mass is 483 g/mol. The molecule has 1 saturated heterocycles. The molecule has 0 aliphatic carbocycles. The van der Waals surface area contributed by atoms with E-state index in [0.717, 1.165) is 38.8 Å². The molecule has 176 valence electrons. The summed E-state index contributed by atoms with van der Waals surface area (Å²) in [7, 11) is 0. The number of hydrogen-bond acceptors (Lipinski definition) is 6. The highest BCUT2D eigenvalue weighted by atomic mass is 32.1. The van der Waals surface area contributed by atoms with Crippen molar-refractivity contribution in [1.82, 2.24) is 29.8 Å². The van der Waals surface area contributed by atoms with Crippen molar-refractivity contribution in [1.29, 1.82) is 0 Å². The second-order valence-electron chi connectivity index (χ2n) is 8.72. The maximum absolute atomic E-state index is 12.9. The van der Waals surface area contributed by atoms with E-state index < -0.39 is 0 Å². The third kappa shape index (κ3) is 3.97. The highest BCUT2D eigenvalue weighted by Crippen LogP contribution is 2.31. The molecule has 4 heterocycles. The summed E-state index contributed by atoms with van der Waals surface area (Å²) in [6, 6.07) is 22.1. The van der Waals surface area contributed by atoms with E-state index in [1.54, 1.807) is 11.3 Å². The normalized spacial score (nSPS) is 16.2. The maximum Gasteiger partial charge on any atom is 0.318 e. The average molecular weight is 484 g/mol. The first kappa shape index (κ1) is 21.5. The van der Waals surface area contributed by atoms with Crippen molar-refractivity contribution in [2.24, 2.45) is 0 Å². The maximum atomic E-state index is 12.9. The lowest BCUT2D eigenvalue weighted by Crippen LogP contribution is -2.57. The predicted octanol–water partition coefficient (Wildman–Crippen LogP) is 4.43. The van der Waals surface area contributed by atoms with Gasteiger partial charge in [0.25, 0.3) is 0 Å². The Balaban J connectivity index is 1.30. The number of fused-ring (bicyclic) bond motifs is 3. The number of anilines is 1. The van der Waals surface area contributed by atoms with E-state index >= 15 is 0 Å². The molecule has 5 aromatic rings. The second kappa shape index (κ2) is 8.99. The zero-order valence-electron chi connectivity index (χ0n) is 19.3. The number of rotatable bonds is 4. The van der Waals surface area contributed by atoms with Gasteiger partial charge in [-0.05, 0) is 36.1 Å². The fraction of sp³-hybridized carbons (Fsp3) is 0.231. The van der Waals surface area contributed by atoms with Crippen molar-refractivity contribution in [2.45, 2.75) is 19.5 Å². The number of nitrogens with zero attached hydrogens (tertiary/aromatic N) is 6. The van der Waals surface area contributed by atoms with Gasteiger partial charge >= 0.3 is 6.03 Å². The van der Waals surface area contributed by atoms with Crippen LogP contribution in [0.5, 0.6) is 0 Å². The molecular formula is C26H25N7OS. The smallest absolute Gasteiger partial charge is 0.318 e. The van der Waals surface area contributed by atoms with Gasteiger partial charge in [0.15, 0.2) is 11.5 Å². The molecule has 1 fully saturated rings. The Morgan fingerprint density at radius 2 is 1.86 bits per heavy atom. The quantitative estimate of drug-likeness (QED) is 0.409. The van der Waals surface area contributed by atoms with Gasteiger partial charge in [0.05, 0.1) is 10.4 Å². The van der Waals surface area contributed by atoms with Crippen LogP contribution in [0.25, 0.3) is 27.3 Å². The third-order valence-corrected chi connectivity index (χ3v) is 7.29. The Morgan fingerprint density at radius 3 is 2.66 bits per heavy atom. The molecule has 1 N–H and O–H groups in total. The van der Waals surface area contributed by atoms with E-state index in [2.05, 4.69) is 37.8 Å². The van der Waals surface area contributed by atoms with Gasteiger partial charge in [0, 0.05) is 37.6 Å². The number of hydrogen-bond donors (Lipinski definition) is 1. The number of aromatic nitrogens is 4. The molecule has 0 saturated carbocycles. The van der Waals surface area contributed by atoms with Crippen LogP contribution in [0.3, 0.4) is 0 Å². The molecule has 3 aromatic heterocycles. The summed E-state index contributed by atoms with van der Waals surface area (Å²) in [5.74, 6) is 1.60. The Morgan fingerprint density at radius 1 is 1.03 bits per heavy atom. The minimum absolute atomic E-state index is 0.0181. The SMILES string of the molecule is C[C@H]1CN(c2nc3ccccc3c3nnc(-c4cccs4)n23)CCN1C(=O)NCc1ccccc1. The van der Waals surface area contributed by atoms with E-state index in [-0.39, 0.29) is 12.1 Å². The van der Waals surface area contributed by atoms with Gasteiger partial charge in [-0.25, -0.2) is 14.2 Å². The summed E-state index contributed by atoms with van der Waals surface area (Å²) in [5.41, 5.74) is 2.77. The van der Waals surface area contributed by atoms with Gasteiger partial charge in [0.1, 0.15) is 0 Å². The highest BCUT2D eigenvalue weighted by molar-refractivity contribution is 7.13. The van der Waals surface area contributed by atoms with Crippen LogP contribution in [0.2, 0.25) is 0 Å². The van der Waals surface area contributed by atoms with Gasteiger partial charge < -0.3 is 15.1 Å². The van der Waals surface area contributed by atoms with Crippen LogP contribution in [-0.2, 0) is 6.54 Å². The summed E-state index contributed by atoms with van der Waals surface area (Å²) >= 11 is 1.63. The van der Waals surface area contributed by atoms with Crippen molar-refractivity contribution in [3.05, 3.63) is 77.7 Å². The zero-order valence-corrected chi connectivity index (χ0v) is 20.2. The number of urea groups is 1. The summed E-state index contributed by atoms with van der Waals surface area (Å²) in [6.07, 6.45) is 0. The van der Waals surface area contributed by atoms with Crippen LogP contribution in [0.4, 0.5) is 10.7 Å². The fourth-order valence-electron chi connectivity index (χ4n) is 4.66. The Kier molecular flexibility index (Phi) is 5.54. The fourth-order valence-corrected chi connectivity index (χ4v) is 5.36. The number of piperazine rings is 1. The van der Waals surface area contributed by atoms with Gasteiger partial charge in [-0.3, -0.25) is 0 Å². The molecule has 6 rings (SSSR count). The Labute approximate surface area is 206 Å². The number of thiophene rings is 1. The molecule has 0 unspecified atom stereocenters. The van der Waals surface area contributed by atoms with Crippen molar-refractivity contribution in [2.75, 3.05) is 24.5 Å². The molecule has 0 spiro atoms. The van der Waals surface area contributed by atoms with E-state index in [1.807, 2.05) is 70.9 Å². The number of nitrogens with one attached hydrogen (secondary N) is 1. The number of benzene rings is 2. The summed E-state index contributed by atoms with van der Waals surface area (Å²) in [6.45, 7) is 4.55. The minimum atomic E-state index is -0.0406. The number of carbonyl (C=O) groups excluding carboxylic acids is 1. The van der Waals surface area contributed by atoms with E-state index in [0.29, 0.717) is 26.2 Å². The molecule has 1 aliphatic heterocycles. The molecule has 1 atom stereocenters. The molecule has 0 bridgehead atoms. The molecule has 2 aromatic carbocycles. The molecule has 8 nitrogen and oxygen atoms in total. The van der Waals surface area contributed by atoms with E-state index in [4.69, 9.17) is 4.98 Å². The Bertz CT molecular complexity index is 1480. The number of carbonyl (C=O) groups is 1. The highest BCUT2D eigenvalue weighted by Gasteiger charge is 2.30. The third-order valence-electron chi connectivity index (χ3n) is 6.43. The molecular weight excluding hydrogens is 458 g/mol. The predicted molar refractivity (Wildman–Crippen MR) is 139 cm³/mol. The van der Waals surface area contributed by atoms with Gasteiger partial charge in [-0.2, -0.15) is 0 Å². The van der Waals surface area contributed by atoms with Crippen LogP contribution in [0.15, 0.2) is 72.1 Å². The first-order valence-corrected chi connectivity index (χ1v) is 12.6. The minimum Gasteiger partial charge on any atom is -0.338 e. The Hall–Kier alpha value is -3.98. The van der Waals surface area contributed by atoms with Crippen LogP contribution < -0.4 is 10.2 Å². The lowest BCUT2D eigenvalue weighted by atomic mass is 10.2. The lowest BCUT2D eigenvalue weighted by Gasteiger charge is -2.40. The number of amides is 2. The van der Waals surface area contributed by atoms with Crippen molar-refractivity contribution < 1.29 is 4.79 Å². The summed E-state index contributed by atoms with van der Waals surface area (Å²) < 4.78 is 2.06. The van der Waals surface area contributed by atoms with Crippen molar-refractivity contribution in [3.8, 4) is 10.7 Å². The van der Waals surface area contributed by atoms with Crippen LogP contribution in [0, 0.1) is 0 Å². The van der Waals surface area contributed by atoms with E-state index in [9.17, 15) is 4.79 Å².